The van der Waals surface area contributed by atoms with Crippen molar-refractivity contribution in [3.63, 3.8) is 0 Å². The molecule has 0 bridgehead atoms. The Bertz CT molecular complexity index is 482. The summed E-state index contributed by atoms with van der Waals surface area (Å²) in [5, 5.41) is 14.2. The topological polar surface area (TPSA) is 55.2 Å². The molecule has 0 saturated heterocycles. The van der Waals surface area contributed by atoms with E-state index in [4.69, 9.17) is 4.74 Å². The fourth-order valence-electron chi connectivity index (χ4n) is 1.61. The van der Waals surface area contributed by atoms with Crippen LogP contribution in [0.25, 0.3) is 0 Å². The van der Waals surface area contributed by atoms with Gasteiger partial charge in [0.15, 0.2) is 0 Å². The van der Waals surface area contributed by atoms with Gasteiger partial charge in [-0.2, -0.15) is 0 Å². The van der Waals surface area contributed by atoms with Crippen LogP contribution in [0.2, 0.25) is 0 Å². The lowest BCUT2D eigenvalue weighted by Gasteiger charge is -2.10. The van der Waals surface area contributed by atoms with Gasteiger partial charge in [0.05, 0.1) is 17.7 Å². The highest BCUT2D eigenvalue weighted by atomic mass is 32.1. The fourth-order valence-corrected chi connectivity index (χ4v) is 2.36. The molecule has 0 aliphatic carbocycles. The SMILES string of the molecule is CCc1nnsc1C(O)c1ccc(OC)cc1. The highest BCUT2D eigenvalue weighted by Gasteiger charge is 2.17. The van der Waals surface area contributed by atoms with E-state index in [1.807, 2.05) is 31.2 Å². The third-order valence-corrected chi connectivity index (χ3v) is 3.42. The maximum Gasteiger partial charge on any atom is 0.118 e. The van der Waals surface area contributed by atoms with E-state index in [-0.39, 0.29) is 0 Å². The highest BCUT2D eigenvalue weighted by molar-refractivity contribution is 7.05. The number of nitrogens with zero attached hydrogens (tertiary/aromatic N) is 2. The van der Waals surface area contributed by atoms with E-state index in [9.17, 15) is 5.11 Å². The van der Waals surface area contributed by atoms with Gasteiger partial charge in [-0.15, -0.1) is 5.10 Å². The zero-order chi connectivity index (χ0) is 12.3. The molecule has 1 aromatic carbocycles. The van der Waals surface area contributed by atoms with Crippen molar-refractivity contribution in [3.8, 4) is 5.75 Å². The monoisotopic (exact) mass is 250 g/mol. The van der Waals surface area contributed by atoms with Gasteiger partial charge in [-0.3, -0.25) is 0 Å². The molecule has 0 saturated carbocycles. The number of aliphatic hydroxyl groups is 1. The third-order valence-electron chi connectivity index (χ3n) is 2.60. The lowest BCUT2D eigenvalue weighted by atomic mass is 10.1. The molecule has 90 valence electrons. The predicted octanol–water partition coefficient (Wildman–Crippen LogP) is 2.19. The first-order valence-corrected chi connectivity index (χ1v) is 6.16. The first kappa shape index (κ1) is 12.0. The van der Waals surface area contributed by atoms with Gasteiger partial charge in [-0.1, -0.05) is 23.5 Å². The Balaban J connectivity index is 2.27. The maximum absolute atomic E-state index is 10.2. The van der Waals surface area contributed by atoms with Crippen LogP contribution >= 0.6 is 11.5 Å². The summed E-state index contributed by atoms with van der Waals surface area (Å²) in [6, 6.07) is 7.36. The van der Waals surface area contributed by atoms with Crippen LogP contribution in [-0.4, -0.2) is 21.8 Å². The normalized spacial score (nSPS) is 12.4. The van der Waals surface area contributed by atoms with Crippen molar-refractivity contribution in [1.29, 1.82) is 0 Å². The van der Waals surface area contributed by atoms with Crippen LogP contribution in [0, 0.1) is 0 Å². The molecule has 2 aromatic rings. The Morgan fingerprint density at radius 3 is 2.65 bits per heavy atom. The minimum Gasteiger partial charge on any atom is -0.497 e. The summed E-state index contributed by atoms with van der Waals surface area (Å²) in [5.41, 5.74) is 1.69. The van der Waals surface area contributed by atoms with E-state index in [1.54, 1.807) is 7.11 Å². The summed E-state index contributed by atoms with van der Waals surface area (Å²) in [6.07, 6.45) is 0.120. The molecular weight excluding hydrogens is 236 g/mol. The van der Waals surface area contributed by atoms with Gasteiger partial charge in [0, 0.05) is 0 Å². The Hall–Kier alpha value is -1.46. The number of methoxy groups -OCH3 is 1. The first-order valence-electron chi connectivity index (χ1n) is 5.39. The summed E-state index contributed by atoms with van der Waals surface area (Å²) in [5.74, 6) is 0.777. The summed E-state index contributed by atoms with van der Waals surface area (Å²) < 4.78 is 8.96. The van der Waals surface area contributed by atoms with E-state index >= 15 is 0 Å². The standard InChI is InChI=1S/C12H14N2O2S/c1-3-10-12(17-14-13-10)11(15)8-4-6-9(16-2)7-5-8/h4-7,11,15H,3H2,1-2H3. The molecule has 0 radical (unpaired) electrons. The first-order chi connectivity index (χ1) is 8.26. The Kier molecular flexibility index (Phi) is 3.71. The second-order valence-electron chi connectivity index (χ2n) is 3.61. The van der Waals surface area contributed by atoms with Crippen LogP contribution in [0.4, 0.5) is 0 Å². The quantitative estimate of drug-likeness (QED) is 0.903. The van der Waals surface area contributed by atoms with E-state index in [1.165, 1.54) is 11.5 Å². The number of hydrogen-bond donors (Lipinski definition) is 1. The molecule has 0 aliphatic rings. The molecule has 17 heavy (non-hydrogen) atoms. The predicted molar refractivity (Wildman–Crippen MR) is 66.3 cm³/mol. The van der Waals surface area contributed by atoms with Crippen molar-refractivity contribution in [2.75, 3.05) is 7.11 Å². The average Bonchev–Trinajstić information content (AvgIpc) is 2.86. The van der Waals surface area contributed by atoms with Crippen LogP contribution in [0.3, 0.4) is 0 Å². The Morgan fingerprint density at radius 2 is 2.06 bits per heavy atom. The van der Waals surface area contributed by atoms with Crippen LogP contribution in [0.15, 0.2) is 24.3 Å². The maximum atomic E-state index is 10.2. The Labute approximate surface area is 104 Å². The lowest BCUT2D eigenvalue weighted by molar-refractivity contribution is 0.222. The summed E-state index contributed by atoms with van der Waals surface area (Å²) in [6.45, 7) is 2.00. The molecule has 0 spiro atoms. The Morgan fingerprint density at radius 1 is 1.35 bits per heavy atom. The van der Waals surface area contributed by atoms with Gasteiger partial charge in [0.2, 0.25) is 0 Å². The number of aromatic nitrogens is 2. The van der Waals surface area contributed by atoms with E-state index in [2.05, 4.69) is 9.59 Å². The molecule has 4 nitrogen and oxygen atoms in total. The van der Waals surface area contributed by atoms with Crippen LogP contribution in [0.5, 0.6) is 5.75 Å². The van der Waals surface area contributed by atoms with Gasteiger partial charge >= 0.3 is 0 Å². The summed E-state index contributed by atoms with van der Waals surface area (Å²) >= 11 is 1.24. The molecule has 1 heterocycles. The second-order valence-corrected chi connectivity index (χ2v) is 4.40. The van der Waals surface area contributed by atoms with E-state index < -0.39 is 6.10 Å². The molecule has 5 heteroatoms. The second kappa shape index (κ2) is 5.25. The van der Waals surface area contributed by atoms with Gasteiger partial charge in [-0.25, -0.2) is 0 Å². The zero-order valence-corrected chi connectivity index (χ0v) is 10.6. The summed E-state index contributed by atoms with van der Waals surface area (Å²) in [4.78, 5) is 0.817. The molecule has 0 fully saturated rings. The highest BCUT2D eigenvalue weighted by Crippen LogP contribution is 2.28. The number of aliphatic hydroxyl groups excluding tert-OH is 1. The molecule has 1 unspecified atom stereocenters. The third kappa shape index (κ3) is 2.45. The molecule has 0 aliphatic heterocycles. The number of hydrogen-bond acceptors (Lipinski definition) is 5. The molecular formula is C12H14N2O2S. The number of aryl methyl sites for hydroxylation is 1. The fraction of sp³-hybridized carbons (Fsp3) is 0.333. The molecule has 1 atom stereocenters. The van der Waals surface area contributed by atoms with Crippen LogP contribution < -0.4 is 4.74 Å². The number of benzene rings is 1. The average molecular weight is 250 g/mol. The van der Waals surface area contributed by atoms with Crippen LogP contribution in [-0.2, 0) is 6.42 Å². The van der Waals surface area contributed by atoms with Gasteiger partial charge in [0.25, 0.3) is 0 Å². The molecule has 2 rings (SSSR count). The number of ether oxygens (including phenoxy) is 1. The zero-order valence-electron chi connectivity index (χ0n) is 9.75. The van der Waals surface area contributed by atoms with E-state index in [0.29, 0.717) is 0 Å². The van der Waals surface area contributed by atoms with Crippen LogP contribution in [0.1, 0.15) is 29.2 Å². The van der Waals surface area contributed by atoms with Crippen molar-refractivity contribution in [1.82, 2.24) is 9.59 Å². The van der Waals surface area contributed by atoms with Gasteiger partial charge in [-0.05, 0) is 35.6 Å². The largest absolute Gasteiger partial charge is 0.497 e. The van der Waals surface area contributed by atoms with Gasteiger partial charge < -0.3 is 9.84 Å². The lowest BCUT2D eigenvalue weighted by Crippen LogP contribution is -2.00. The smallest absolute Gasteiger partial charge is 0.118 e. The minimum absolute atomic E-state index is 0.657. The van der Waals surface area contributed by atoms with Crippen molar-refractivity contribution in [3.05, 3.63) is 40.4 Å². The summed E-state index contributed by atoms with van der Waals surface area (Å²) in [7, 11) is 1.62. The number of rotatable bonds is 4. The minimum atomic E-state index is -0.657. The molecule has 1 aromatic heterocycles. The molecule has 0 amide bonds. The van der Waals surface area contributed by atoms with Crippen molar-refractivity contribution in [2.24, 2.45) is 0 Å². The van der Waals surface area contributed by atoms with Crippen molar-refractivity contribution < 1.29 is 9.84 Å². The molecule has 1 N–H and O–H groups in total. The van der Waals surface area contributed by atoms with Crippen molar-refractivity contribution >= 4 is 11.5 Å². The van der Waals surface area contributed by atoms with E-state index in [0.717, 1.165) is 28.3 Å². The van der Waals surface area contributed by atoms with Gasteiger partial charge in [0.1, 0.15) is 11.9 Å². The van der Waals surface area contributed by atoms with Crippen molar-refractivity contribution in [2.45, 2.75) is 19.4 Å².